The molecule has 1 amide bonds. The fourth-order valence-corrected chi connectivity index (χ4v) is 3.67. The number of nitrogens with two attached hydrogens (primary N) is 1. The minimum Gasteiger partial charge on any atom is -0.391 e. The van der Waals surface area contributed by atoms with Gasteiger partial charge in [0.15, 0.2) is 0 Å². The molecular formula is C11H18N2O2S. The Labute approximate surface area is 99.9 Å². The first-order chi connectivity index (χ1) is 7.38. The number of carbonyl (C=O) groups excluding carboxylic acids is 1. The number of thioether (sulfide) groups is 1. The van der Waals surface area contributed by atoms with Crippen LogP contribution in [0.5, 0.6) is 0 Å². The summed E-state index contributed by atoms with van der Waals surface area (Å²) in [6.45, 7) is 6.16. The van der Waals surface area contributed by atoms with Gasteiger partial charge in [0.2, 0.25) is 5.91 Å². The average Bonchev–Trinajstić information content (AvgIpc) is 2.24. The van der Waals surface area contributed by atoms with Gasteiger partial charge in [-0.15, -0.1) is 11.8 Å². The fraction of sp³-hybridized carbons (Fsp3) is 0.727. The number of rotatable bonds is 1. The van der Waals surface area contributed by atoms with E-state index in [1.54, 1.807) is 16.7 Å². The van der Waals surface area contributed by atoms with Gasteiger partial charge in [-0.3, -0.25) is 4.79 Å². The molecule has 0 radical (unpaired) electrons. The van der Waals surface area contributed by atoms with Crippen molar-refractivity contribution in [3.05, 3.63) is 10.6 Å². The maximum atomic E-state index is 11.8. The van der Waals surface area contributed by atoms with Crippen molar-refractivity contribution in [3.8, 4) is 0 Å². The van der Waals surface area contributed by atoms with Crippen molar-refractivity contribution in [2.75, 3.05) is 12.4 Å². The summed E-state index contributed by atoms with van der Waals surface area (Å²) in [6.07, 6.45) is 0. The van der Waals surface area contributed by atoms with Crippen LogP contribution >= 0.6 is 11.8 Å². The van der Waals surface area contributed by atoms with E-state index in [9.17, 15) is 9.90 Å². The molecule has 16 heavy (non-hydrogen) atoms. The summed E-state index contributed by atoms with van der Waals surface area (Å²) in [4.78, 5) is 14.5. The molecule has 0 aromatic rings. The molecule has 0 aliphatic carbocycles. The summed E-state index contributed by atoms with van der Waals surface area (Å²) in [7, 11) is 0. The highest BCUT2D eigenvalue weighted by molar-refractivity contribution is 8.03. The quantitative estimate of drug-likeness (QED) is 0.658. The number of aliphatic hydroxyl groups is 1. The van der Waals surface area contributed by atoms with Gasteiger partial charge in [0.1, 0.15) is 6.04 Å². The Kier molecular flexibility index (Phi) is 2.80. The Morgan fingerprint density at radius 1 is 1.56 bits per heavy atom. The third-order valence-corrected chi connectivity index (χ3v) is 4.24. The number of hydrogen-bond acceptors (Lipinski definition) is 4. The van der Waals surface area contributed by atoms with Gasteiger partial charge in [-0.25, -0.2) is 0 Å². The van der Waals surface area contributed by atoms with Crippen molar-refractivity contribution in [2.24, 2.45) is 11.1 Å². The maximum absolute atomic E-state index is 11.8. The monoisotopic (exact) mass is 242 g/mol. The number of aliphatic hydroxyl groups excluding tert-OH is 1. The molecule has 0 aromatic heterocycles. The topological polar surface area (TPSA) is 66.6 Å². The van der Waals surface area contributed by atoms with Crippen LogP contribution < -0.4 is 5.73 Å². The van der Waals surface area contributed by atoms with Crippen LogP contribution in [-0.4, -0.2) is 40.4 Å². The summed E-state index contributed by atoms with van der Waals surface area (Å²) in [5.74, 6) is 0.781. The standard InChI is InChI=1S/C11H18N2O2S/c1-11(2,3)9-7(4-14)16-5-6-8(12)10(15)13(6)9/h6,8,14H,4-5,12H2,1-3H3/t6-,8+/m1/s1. The molecule has 2 aliphatic heterocycles. The van der Waals surface area contributed by atoms with Crippen molar-refractivity contribution < 1.29 is 9.90 Å². The summed E-state index contributed by atoms with van der Waals surface area (Å²) in [5, 5.41) is 9.36. The number of hydrogen-bond donors (Lipinski definition) is 2. The van der Waals surface area contributed by atoms with Gasteiger partial charge in [-0.05, 0) is 0 Å². The summed E-state index contributed by atoms with van der Waals surface area (Å²) >= 11 is 1.62. The van der Waals surface area contributed by atoms with E-state index in [0.29, 0.717) is 0 Å². The van der Waals surface area contributed by atoms with Crippen LogP contribution in [0.15, 0.2) is 10.6 Å². The molecule has 2 heterocycles. The second-order valence-electron chi connectivity index (χ2n) is 5.29. The number of nitrogens with zero attached hydrogens (tertiary/aromatic N) is 1. The van der Waals surface area contributed by atoms with Gasteiger partial charge in [0.05, 0.1) is 12.6 Å². The van der Waals surface area contributed by atoms with Crippen molar-refractivity contribution in [1.82, 2.24) is 4.90 Å². The molecule has 90 valence electrons. The third-order valence-electron chi connectivity index (χ3n) is 3.06. The van der Waals surface area contributed by atoms with E-state index >= 15 is 0 Å². The Morgan fingerprint density at radius 2 is 2.19 bits per heavy atom. The van der Waals surface area contributed by atoms with Crippen molar-refractivity contribution in [2.45, 2.75) is 32.9 Å². The molecule has 1 saturated heterocycles. The van der Waals surface area contributed by atoms with Gasteiger partial charge >= 0.3 is 0 Å². The molecule has 2 aliphatic rings. The number of allylic oxidation sites excluding steroid dienone is 1. The molecule has 4 nitrogen and oxygen atoms in total. The van der Waals surface area contributed by atoms with Gasteiger partial charge in [-0.2, -0.15) is 0 Å². The number of carbonyl (C=O) groups is 1. The molecule has 0 bridgehead atoms. The lowest BCUT2D eigenvalue weighted by Crippen LogP contribution is -2.71. The smallest absolute Gasteiger partial charge is 0.246 e. The molecular weight excluding hydrogens is 224 g/mol. The van der Waals surface area contributed by atoms with E-state index in [-0.39, 0.29) is 30.0 Å². The molecule has 2 atom stereocenters. The first-order valence-electron chi connectivity index (χ1n) is 5.44. The van der Waals surface area contributed by atoms with E-state index < -0.39 is 0 Å². The zero-order valence-corrected chi connectivity index (χ0v) is 10.7. The minimum atomic E-state index is -0.356. The molecule has 0 unspecified atom stereocenters. The lowest BCUT2D eigenvalue weighted by Gasteiger charge is -2.52. The van der Waals surface area contributed by atoms with Gasteiger partial charge in [0.25, 0.3) is 0 Å². The zero-order chi connectivity index (χ0) is 12.1. The van der Waals surface area contributed by atoms with Gasteiger partial charge in [0, 0.05) is 21.8 Å². The molecule has 0 spiro atoms. The highest BCUT2D eigenvalue weighted by Crippen LogP contribution is 2.44. The third kappa shape index (κ3) is 1.58. The zero-order valence-electron chi connectivity index (χ0n) is 9.86. The largest absolute Gasteiger partial charge is 0.391 e. The predicted octanol–water partition coefficient (Wildman–Crippen LogP) is 0.521. The molecule has 1 fully saturated rings. The molecule has 5 heteroatoms. The van der Waals surface area contributed by atoms with Crippen LogP contribution in [0.2, 0.25) is 0 Å². The second kappa shape index (κ2) is 3.75. The summed E-state index contributed by atoms with van der Waals surface area (Å²) < 4.78 is 0. The van der Waals surface area contributed by atoms with Crippen molar-refractivity contribution in [1.29, 1.82) is 0 Å². The number of fused-ring (bicyclic) bond motifs is 1. The molecule has 0 saturated carbocycles. The van der Waals surface area contributed by atoms with Crippen LogP contribution in [0.25, 0.3) is 0 Å². The highest BCUT2D eigenvalue weighted by Gasteiger charge is 2.51. The fourth-order valence-electron chi connectivity index (χ4n) is 2.31. The summed E-state index contributed by atoms with van der Waals surface area (Å²) in [5.41, 5.74) is 6.59. The minimum absolute atomic E-state index is 0.00298. The Bertz CT molecular complexity index is 359. The van der Waals surface area contributed by atoms with Crippen LogP contribution in [0.3, 0.4) is 0 Å². The Morgan fingerprint density at radius 3 is 2.69 bits per heavy atom. The van der Waals surface area contributed by atoms with E-state index in [2.05, 4.69) is 20.8 Å². The van der Waals surface area contributed by atoms with E-state index in [1.165, 1.54) is 0 Å². The van der Waals surface area contributed by atoms with E-state index in [1.807, 2.05) is 0 Å². The van der Waals surface area contributed by atoms with Crippen LogP contribution in [0.1, 0.15) is 20.8 Å². The van der Waals surface area contributed by atoms with Crippen LogP contribution in [0, 0.1) is 5.41 Å². The Balaban J connectivity index is 2.41. The lowest BCUT2D eigenvalue weighted by molar-refractivity contribution is -0.145. The SMILES string of the molecule is CC(C)(C)C1=C(CO)SC[C@@H]2[C@H](N)C(=O)N12. The van der Waals surface area contributed by atoms with Gasteiger partial charge < -0.3 is 15.7 Å². The molecule has 0 aromatic carbocycles. The van der Waals surface area contributed by atoms with Gasteiger partial charge in [-0.1, -0.05) is 20.8 Å². The average molecular weight is 242 g/mol. The second-order valence-corrected chi connectivity index (χ2v) is 6.41. The summed E-state index contributed by atoms with van der Waals surface area (Å²) in [6, 6.07) is -0.243. The van der Waals surface area contributed by atoms with Crippen LogP contribution in [0.4, 0.5) is 0 Å². The number of β-lactam (4-membered cyclic amide) rings is 1. The van der Waals surface area contributed by atoms with E-state index in [4.69, 9.17) is 5.73 Å². The highest BCUT2D eigenvalue weighted by atomic mass is 32.2. The van der Waals surface area contributed by atoms with E-state index in [0.717, 1.165) is 16.4 Å². The first kappa shape index (κ1) is 12.0. The molecule has 3 N–H and O–H groups in total. The van der Waals surface area contributed by atoms with Crippen LogP contribution in [-0.2, 0) is 4.79 Å². The predicted molar refractivity (Wildman–Crippen MR) is 64.6 cm³/mol. The molecule has 2 rings (SSSR count). The maximum Gasteiger partial charge on any atom is 0.246 e. The lowest BCUT2D eigenvalue weighted by atomic mass is 9.85. The number of amides is 1. The first-order valence-corrected chi connectivity index (χ1v) is 6.42. The van der Waals surface area contributed by atoms with Crippen molar-refractivity contribution >= 4 is 17.7 Å². The normalized spacial score (nSPS) is 30.3. The Hall–Kier alpha value is -0.520. The van der Waals surface area contributed by atoms with Crippen molar-refractivity contribution in [3.63, 3.8) is 0 Å².